The number of ether oxygens (including phenoxy) is 1. The molecule has 1 amide bonds. The molecule has 2 N–H and O–H groups in total. The Balaban J connectivity index is 1.70. The molecule has 3 aromatic rings. The van der Waals surface area contributed by atoms with Crippen LogP contribution < -0.4 is 0 Å². The van der Waals surface area contributed by atoms with Crippen molar-refractivity contribution < 1.29 is 19.7 Å². The van der Waals surface area contributed by atoms with Crippen molar-refractivity contribution >= 4 is 17.7 Å². The summed E-state index contributed by atoms with van der Waals surface area (Å²) in [4.78, 5) is 14.4. The van der Waals surface area contributed by atoms with Gasteiger partial charge in [-0.3, -0.25) is 0 Å². The molecule has 6 heteroatoms. The van der Waals surface area contributed by atoms with E-state index in [1.165, 1.54) is 4.90 Å². The Hall–Kier alpha value is -3.02. The molecule has 0 radical (unpaired) electrons. The molecule has 3 aromatic carbocycles. The molecular formula is C27H30ClNO4. The molecule has 5 nitrogen and oxygen atoms in total. The van der Waals surface area contributed by atoms with Crippen LogP contribution in [-0.4, -0.2) is 39.9 Å². The Morgan fingerprint density at radius 2 is 1.70 bits per heavy atom. The summed E-state index contributed by atoms with van der Waals surface area (Å²) < 4.78 is 5.56. The second kappa shape index (κ2) is 10.7. The van der Waals surface area contributed by atoms with Gasteiger partial charge in [0.1, 0.15) is 11.4 Å². The van der Waals surface area contributed by atoms with Gasteiger partial charge in [-0.25, -0.2) is 4.79 Å². The van der Waals surface area contributed by atoms with E-state index in [9.17, 15) is 15.0 Å². The summed E-state index contributed by atoms with van der Waals surface area (Å²) in [5.41, 5.74) is 2.98. The van der Waals surface area contributed by atoms with Gasteiger partial charge in [-0.1, -0.05) is 60.1 Å². The van der Waals surface area contributed by atoms with E-state index in [4.69, 9.17) is 16.3 Å². The minimum Gasteiger partial charge on any atom is -0.508 e. The van der Waals surface area contributed by atoms with Gasteiger partial charge in [-0.15, -0.1) is 0 Å². The number of amides is 1. The van der Waals surface area contributed by atoms with E-state index < -0.39 is 17.8 Å². The molecule has 0 aliphatic rings. The van der Waals surface area contributed by atoms with Gasteiger partial charge in [0.25, 0.3) is 0 Å². The molecule has 0 aromatic heterocycles. The van der Waals surface area contributed by atoms with Crippen LogP contribution in [-0.2, 0) is 11.2 Å². The third-order valence-corrected chi connectivity index (χ3v) is 5.32. The van der Waals surface area contributed by atoms with Gasteiger partial charge in [-0.05, 0) is 73.7 Å². The van der Waals surface area contributed by atoms with Gasteiger partial charge in [0, 0.05) is 11.6 Å². The predicted molar refractivity (Wildman–Crippen MR) is 131 cm³/mol. The van der Waals surface area contributed by atoms with Crippen molar-refractivity contribution in [3.63, 3.8) is 0 Å². The number of aliphatic hydroxyl groups is 1. The number of carbonyl (C=O) groups is 1. The Kier molecular flexibility index (Phi) is 8.01. The standard InChI is InChI=1S/C27H30ClNO4/c1-27(2,3)33-26(32)29(18-25(31)22-7-4-8-23(28)16-22)15-14-19-10-12-20(13-11-19)21-6-5-9-24(30)17-21/h4-13,16-17,25,30-31H,14-15,18H2,1-3H3/t25-/m0/s1. The molecule has 0 fully saturated rings. The number of phenols is 1. The Bertz CT molecular complexity index is 1080. The molecular weight excluding hydrogens is 438 g/mol. The first-order chi connectivity index (χ1) is 15.6. The van der Waals surface area contributed by atoms with Crippen LogP contribution in [0.4, 0.5) is 4.79 Å². The van der Waals surface area contributed by atoms with E-state index in [2.05, 4.69) is 0 Å². The molecule has 174 valence electrons. The van der Waals surface area contributed by atoms with E-state index in [0.29, 0.717) is 23.6 Å². The summed E-state index contributed by atoms with van der Waals surface area (Å²) in [7, 11) is 0. The van der Waals surface area contributed by atoms with Gasteiger partial charge < -0.3 is 19.8 Å². The second-order valence-corrected chi connectivity index (χ2v) is 9.43. The van der Waals surface area contributed by atoms with Crippen molar-refractivity contribution in [3.05, 3.63) is 88.9 Å². The van der Waals surface area contributed by atoms with Gasteiger partial charge in [0.2, 0.25) is 0 Å². The summed E-state index contributed by atoms with van der Waals surface area (Å²) in [5.74, 6) is 0.225. The highest BCUT2D eigenvalue weighted by atomic mass is 35.5. The van der Waals surface area contributed by atoms with E-state index in [-0.39, 0.29) is 12.3 Å². The van der Waals surface area contributed by atoms with Gasteiger partial charge >= 0.3 is 6.09 Å². The number of nitrogens with zero attached hydrogens (tertiary/aromatic N) is 1. The third-order valence-electron chi connectivity index (χ3n) is 5.08. The average molecular weight is 468 g/mol. The highest BCUT2D eigenvalue weighted by molar-refractivity contribution is 6.30. The lowest BCUT2D eigenvalue weighted by atomic mass is 10.0. The number of aromatic hydroxyl groups is 1. The van der Waals surface area contributed by atoms with Crippen molar-refractivity contribution in [2.45, 2.75) is 38.9 Å². The van der Waals surface area contributed by atoms with Gasteiger partial charge in [-0.2, -0.15) is 0 Å². The number of phenolic OH excluding ortho intramolecular Hbond substituents is 1. The normalized spacial score (nSPS) is 12.3. The summed E-state index contributed by atoms with van der Waals surface area (Å²) in [6.45, 7) is 5.93. The largest absolute Gasteiger partial charge is 0.508 e. The number of halogens is 1. The van der Waals surface area contributed by atoms with Crippen LogP contribution in [0.3, 0.4) is 0 Å². The number of rotatable bonds is 7. The lowest BCUT2D eigenvalue weighted by Gasteiger charge is -2.29. The zero-order valence-electron chi connectivity index (χ0n) is 19.2. The third kappa shape index (κ3) is 7.52. The topological polar surface area (TPSA) is 70.0 Å². The molecule has 0 saturated carbocycles. The van der Waals surface area contributed by atoms with E-state index in [0.717, 1.165) is 16.7 Å². The molecule has 0 heterocycles. The van der Waals surface area contributed by atoms with Crippen LogP contribution in [0.1, 0.15) is 38.0 Å². The van der Waals surface area contributed by atoms with Crippen molar-refractivity contribution in [3.8, 4) is 16.9 Å². The average Bonchev–Trinajstić information content (AvgIpc) is 2.75. The van der Waals surface area contributed by atoms with Crippen LogP contribution in [0.25, 0.3) is 11.1 Å². The minimum atomic E-state index is -0.885. The number of aliphatic hydroxyl groups excluding tert-OH is 1. The van der Waals surface area contributed by atoms with E-state index in [1.54, 1.807) is 36.4 Å². The first kappa shape index (κ1) is 24.6. The molecule has 33 heavy (non-hydrogen) atoms. The number of benzene rings is 3. The van der Waals surface area contributed by atoms with Crippen LogP contribution in [0, 0.1) is 0 Å². The highest BCUT2D eigenvalue weighted by Gasteiger charge is 2.24. The highest BCUT2D eigenvalue weighted by Crippen LogP contribution is 2.24. The number of hydrogen-bond donors (Lipinski definition) is 2. The van der Waals surface area contributed by atoms with Gasteiger partial charge in [0.15, 0.2) is 0 Å². The lowest BCUT2D eigenvalue weighted by molar-refractivity contribution is 0.0147. The van der Waals surface area contributed by atoms with Crippen LogP contribution in [0.15, 0.2) is 72.8 Å². The SMILES string of the molecule is CC(C)(C)OC(=O)N(CCc1ccc(-c2cccc(O)c2)cc1)C[C@H](O)c1cccc(Cl)c1. The maximum atomic E-state index is 12.8. The molecule has 3 rings (SSSR count). The van der Waals surface area contributed by atoms with Crippen molar-refractivity contribution in [2.75, 3.05) is 13.1 Å². The second-order valence-electron chi connectivity index (χ2n) is 8.99. The summed E-state index contributed by atoms with van der Waals surface area (Å²) in [6.07, 6.45) is -0.758. The van der Waals surface area contributed by atoms with Crippen LogP contribution in [0.2, 0.25) is 5.02 Å². The molecule has 0 aliphatic heterocycles. The zero-order valence-corrected chi connectivity index (χ0v) is 19.9. The first-order valence-corrected chi connectivity index (χ1v) is 11.3. The molecule has 0 unspecified atom stereocenters. The van der Waals surface area contributed by atoms with E-state index >= 15 is 0 Å². The van der Waals surface area contributed by atoms with Crippen molar-refractivity contribution in [1.29, 1.82) is 0 Å². The molecule has 0 bridgehead atoms. The Labute approximate surface area is 200 Å². The van der Waals surface area contributed by atoms with E-state index in [1.807, 2.05) is 57.2 Å². The number of carbonyl (C=O) groups excluding carboxylic acids is 1. The molecule has 0 spiro atoms. The summed E-state index contributed by atoms with van der Waals surface area (Å²) in [6, 6.07) is 22.1. The smallest absolute Gasteiger partial charge is 0.410 e. The fourth-order valence-electron chi connectivity index (χ4n) is 3.43. The fraction of sp³-hybridized carbons (Fsp3) is 0.296. The number of hydrogen-bond acceptors (Lipinski definition) is 4. The molecule has 1 atom stereocenters. The van der Waals surface area contributed by atoms with Gasteiger partial charge in [0.05, 0.1) is 12.6 Å². The summed E-state index contributed by atoms with van der Waals surface area (Å²) in [5, 5.41) is 20.9. The maximum Gasteiger partial charge on any atom is 0.410 e. The minimum absolute atomic E-state index is 0.0939. The van der Waals surface area contributed by atoms with Crippen LogP contribution in [0.5, 0.6) is 5.75 Å². The van der Waals surface area contributed by atoms with Crippen molar-refractivity contribution in [2.24, 2.45) is 0 Å². The zero-order chi connectivity index (χ0) is 24.0. The van der Waals surface area contributed by atoms with Crippen LogP contribution >= 0.6 is 11.6 Å². The Morgan fingerprint density at radius 3 is 2.33 bits per heavy atom. The maximum absolute atomic E-state index is 12.8. The molecule has 0 aliphatic carbocycles. The van der Waals surface area contributed by atoms with Crippen molar-refractivity contribution in [1.82, 2.24) is 4.90 Å². The predicted octanol–water partition coefficient (Wildman–Crippen LogP) is 6.23. The fourth-order valence-corrected chi connectivity index (χ4v) is 3.62. The quantitative estimate of drug-likeness (QED) is 0.432. The first-order valence-electron chi connectivity index (χ1n) is 10.9. The molecule has 0 saturated heterocycles. The monoisotopic (exact) mass is 467 g/mol. The summed E-state index contributed by atoms with van der Waals surface area (Å²) >= 11 is 6.05. The Morgan fingerprint density at radius 1 is 1.00 bits per heavy atom. The lowest BCUT2D eigenvalue weighted by Crippen LogP contribution is -2.40.